The van der Waals surface area contributed by atoms with Crippen LogP contribution < -0.4 is 5.32 Å². The molecule has 1 aliphatic carbocycles. The maximum Gasteiger partial charge on any atom is 0.256 e. The maximum absolute atomic E-state index is 12.9. The number of anilines is 1. The van der Waals surface area contributed by atoms with Crippen molar-refractivity contribution >= 4 is 28.5 Å². The Labute approximate surface area is 167 Å². The molecular formula is C24H18N2O3. The number of hydrogen-bond donors (Lipinski definition) is 1. The van der Waals surface area contributed by atoms with Crippen LogP contribution >= 0.6 is 0 Å². The number of carbonyl (C=O) groups is 2. The van der Waals surface area contributed by atoms with Crippen LogP contribution in [0.4, 0.5) is 5.69 Å². The van der Waals surface area contributed by atoms with Crippen LogP contribution in [0.2, 0.25) is 0 Å². The van der Waals surface area contributed by atoms with Gasteiger partial charge in [-0.15, -0.1) is 0 Å². The first-order valence-corrected chi connectivity index (χ1v) is 9.59. The average Bonchev–Trinajstić information content (AvgIpc) is 3.53. The van der Waals surface area contributed by atoms with Gasteiger partial charge in [0.05, 0.1) is 5.56 Å². The van der Waals surface area contributed by atoms with Crippen molar-refractivity contribution in [3.05, 3.63) is 95.4 Å². The largest absolute Gasteiger partial charge is 0.440 e. The topological polar surface area (TPSA) is 72.2 Å². The molecule has 0 radical (unpaired) electrons. The molecule has 1 aromatic heterocycles. The molecule has 5 heteroatoms. The summed E-state index contributed by atoms with van der Waals surface area (Å²) in [5, 5.41) is 2.88. The third-order valence-corrected chi connectivity index (χ3v) is 5.04. The fraction of sp³-hybridized carbons (Fsp3) is 0.125. The van der Waals surface area contributed by atoms with Gasteiger partial charge in [0.15, 0.2) is 17.3 Å². The molecule has 0 atom stereocenters. The van der Waals surface area contributed by atoms with Crippen LogP contribution in [0.25, 0.3) is 11.1 Å². The van der Waals surface area contributed by atoms with Crippen molar-refractivity contribution in [1.29, 1.82) is 0 Å². The zero-order valence-electron chi connectivity index (χ0n) is 15.6. The SMILES string of the molecule is O=C(Nc1ccc2oc(C3CC3)nc2c1)c1ccccc1C(=O)c1ccccc1. The smallest absolute Gasteiger partial charge is 0.256 e. The van der Waals surface area contributed by atoms with E-state index in [9.17, 15) is 9.59 Å². The number of benzene rings is 3. The number of hydrogen-bond acceptors (Lipinski definition) is 4. The number of carbonyl (C=O) groups excluding carboxylic acids is 2. The predicted octanol–water partition coefficient (Wildman–Crippen LogP) is 5.19. The molecule has 1 amide bonds. The Balaban J connectivity index is 1.42. The second kappa shape index (κ2) is 7.02. The van der Waals surface area contributed by atoms with Gasteiger partial charge in [0.1, 0.15) is 5.52 Å². The highest BCUT2D eigenvalue weighted by Gasteiger charge is 2.29. The molecule has 0 unspecified atom stereocenters. The van der Waals surface area contributed by atoms with Gasteiger partial charge < -0.3 is 9.73 Å². The van der Waals surface area contributed by atoms with E-state index in [-0.39, 0.29) is 11.7 Å². The Morgan fingerprint density at radius 3 is 2.38 bits per heavy atom. The summed E-state index contributed by atoms with van der Waals surface area (Å²) in [5.74, 6) is 0.672. The number of amides is 1. The molecule has 142 valence electrons. The predicted molar refractivity (Wildman–Crippen MR) is 110 cm³/mol. The van der Waals surface area contributed by atoms with Crippen LogP contribution in [0.1, 0.15) is 50.9 Å². The summed E-state index contributed by atoms with van der Waals surface area (Å²) in [6.07, 6.45) is 2.23. The molecule has 0 bridgehead atoms. The van der Waals surface area contributed by atoms with Crippen LogP contribution in [-0.4, -0.2) is 16.7 Å². The maximum atomic E-state index is 12.9. The molecule has 1 aliphatic rings. The monoisotopic (exact) mass is 382 g/mol. The number of oxazole rings is 1. The zero-order chi connectivity index (χ0) is 19.8. The molecule has 5 nitrogen and oxygen atoms in total. The molecule has 0 spiro atoms. The van der Waals surface area contributed by atoms with E-state index in [0.29, 0.717) is 33.9 Å². The van der Waals surface area contributed by atoms with E-state index in [1.165, 1.54) is 0 Å². The Hall–Kier alpha value is -3.73. The highest BCUT2D eigenvalue weighted by molar-refractivity contribution is 6.17. The Bertz CT molecular complexity index is 1220. The molecule has 29 heavy (non-hydrogen) atoms. The molecule has 0 saturated heterocycles. The van der Waals surface area contributed by atoms with Gasteiger partial charge in [0, 0.05) is 22.7 Å². The van der Waals surface area contributed by atoms with Crippen molar-refractivity contribution in [3.8, 4) is 0 Å². The lowest BCUT2D eigenvalue weighted by atomic mass is 9.98. The normalized spacial score (nSPS) is 13.4. The van der Waals surface area contributed by atoms with E-state index in [0.717, 1.165) is 24.2 Å². The van der Waals surface area contributed by atoms with Gasteiger partial charge in [-0.1, -0.05) is 48.5 Å². The number of rotatable bonds is 5. The van der Waals surface area contributed by atoms with Gasteiger partial charge in [-0.25, -0.2) is 4.98 Å². The third kappa shape index (κ3) is 3.43. The molecule has 0 aliphatic heterocycles. The highest BCUT2D eigenvalue weighted by atomic mass is 16.3. The standard InChI is InChI=1S/C24H18N2O3/c27-22(15-6-2-1-3-7-15)18-8-4-5-9-19(18)23(28)25-17-12-13-21-20(14-17)26-24(29-21)16-10-11-16/h1-9,12-14,16H,10-11H2,(H,25,28). The Morgan fingerprint density at radius 2 is 1.62 bits per heavy atom. The molecule has 1 saturated carbocycles. The summed E-state index contributed by atoms with van der Waals surface area (Å²) in [5.41, 5.74) is 3.29. The van der Waals surface area contributed by atoms with Crippen molar-refractivity contribution < 1.29 is 14.0 Å². The average molecular weight is 382 g/mol. The minimum Gasteiger partial charge on any atom is -0.440 e. The van der Waals surface area contributed by atoms with Gasteiger partial charge in [0.2, 0.25) is 0 Å². The van der Waals surface area contributed by atoms with Crippen LogP contribution in [0.3, 0.4) is 0 Å². The summed E-state index contributed by atoms with van der Waals surface area (Å²) in [7, 11) is 0. The molecule has 1 fully saturated rings. The second-order valence-corrected chi connectivity index (χ2v) is 7.20. The van der Waals surface area contributed by atoms with Crippen molar-refractivity contribution in [2.45, 2.75) is 18.8 Å². The van der Waals surface area contributed by atoms with Gasteiger partial charge in [-0.3, -0.25) is 9.59 Å². The summed E-state index contributed by atoms with van der Waals surface area (Å²) in [6.45, 7) is 0. The molecule has 3 aromatic carbocycles. The van der Waals surface area contributed by atoms with Crippen molar-refractivity contribution in [2.24, 2.45) is 0 Å². The number of aromatic nitrogens is 1. The molecule has 4 aromatic rings. The quantitative estimate of drug-likeness (QED) is 0.482. The van der Waals surface area contributed by atoms with Crippen molar-refractivity contribution in [2.75, 3.05) is 5.32 Å². The minimum atomic E-state index is -0.338. The summed E-state index contributed by atoms with van der Waals surface area (Å²) < 4.78 is 5.77. The highest BCUT2D eigenvalue weighted by Crippen LogP contribution is 2.40. The lowest BCUT2D eigenvalue weighted by Gasteiger charge is -2.10. The summed E-state index contributed by atoms with van der Waals surface area (Å²) in [4.78, 5) is 30.3. The fourth-order valence-electron chi connectivity index (χ4n) is 3.35. The van der Waals surface area contributed by atoms with E-state index < -0.39 is 0 Å². The number of fused-ring (bicyclic) bond motifs is 1. The first-order valence-electron chi connectivity index (χ1n) is 9.59. The van der Waals surface area contributed by atoms with Crippen LogP contribution in [0.5, 0.6) is 0 Å². The molecule has 1 heterocycles. The molecule has 5 rings (SSSR count). The first kappa shape index (κ1) is 17.4. The van der Waals surface area contributed by atoms with E-state index >= 15 is 0 Å². The number of ketones is 1. The number of nitrogens with zero attached hydrogens (tertiary/aromatic N) is 1. The first-order chi connectivity index (χ1) is 14.2. The lowest BCUT2D eigenvalue weighted by Crippen LogP contribution is -2.16. The summed E-state index contributed by atoms with van der Waals surface area (Å²) >= 11 is 0. The van der Waals surface area contributed by atoms with E-state index in [2.05, 4.69) is 10.3 Å². The number of nitrogens with one attached hydrogen (secondary N) is 1. The van der Waals surface area contributed by atoms with Crippen molar-refractivity contribution in [3.63, 3.8) is 0 Å². The van der Waals surface area contributed by atoms with E-state index in [1.54, 1.807) is 60.7 Å². The second-order valence-electron chi connectivity index (χ2n) is 7.20. The minimum absolute atomic E-state index is 0.183. The van der Waals surface area contributed by atoms with Crippen LogP contribution in [0, 0.1) is 0 Å². The van der Waals surface area contributed by atoms with Gasteiger partial charge >= 0.3 is 0 Å². The van der Waals surface area contributed by atoms with E-state index in [4.69, 9.17) is 4.42 Å². The van der Waals surface area contributed by atoms with Gasteiger partial charge in [-0.2, -0.15) is 0 Å². The lowest BCUT2D eigenvalue weighted by molar-refractivity contribution is 0.0996. The zero-order valence-corrected chi connectivity index (χ0v) is 15.6. The summed E-state index contributed by atoms with van der Waals surface area (Å²) in [6, 6.07) is 21.2. The van der Waals surface area contributed by atoms with Crippen molar-refractivity contribution in [1.82, 2.24) is 4.98 Å². The van der Waals surface area contributed by atoms with Gasteiger partial charge in [-0.05, 0) is 37.1 Å². The molecule has 1 N–H and O–H groups in total. The Kier molecular flexibility index (Phi) is 4.21. The third-order valence-electron chi connectivity index (χ3n) is 5.04. The molecular weight excluding hydrogens is 364 g/mol. The van der Waals surface area contributed by atoms with Crippen LogP contribution in [0.15, 0.2) is 77.2 Å². The Morgan fingerprint density at radius 1 is 0.897 bits per heavy atom. The van der Waals surface area contributed by atoms with Gasteiger partial charge in [0.25, 0.3) is 5.91 Å². The van der Waals surface area contributed by atoms with E-state index in [1.807, 2.05) is 12.1 Å². The fourth-order valence-corrected chi connectivity index (χ4v) is 3.35. The van der Waals surface area contributed by atoms with Crippen LogP contribution in [-0.2, 0) is 0 Å².